The molecule has 0 heterocycles. The van der Waals surface area contributed by atoms with E-state index in [1.54, 1.807) is 0 Å². The summed E-state index contributed by atoms with van der Waals surface area (Å²) >= 11 is 0. The van der Waals surface area contributed by atoms with Crippen LogP contribution in [-0.4, -0.2) is 34.3 Å². The van der Waals surface area contributed by atoms with Gasteiger partial charge in [-0.1, -0.05) is 11.6 Å². The number of hydrogen-bond acceptors (Lipinski definition) is 5. The molecule has 0 spiro atoms. The molecule has 0 aromatic heterocycles. The summed E-state index contributed by atoms with van der Waals surface area (Å²) < 4.78 is 5.37. The molecule has 0 saturated carbocycles. The maximum Gasteiger partial charge on any atom is 0.190 e. The first-order valence-electron chi connectivity index (χ1n) is 7.01. The predicted molar refractivity (Wildman–Crippen MR) is 82.0 cm³/mol. The number of aromatic hydroxyl groups is 2. The molecule has 0 fully saturated rings. The standard InChI is InChI=1S/C17H20O5/c1-9(2)4-5-11(18)10-8-14(21)15-12(19)6-7-13(20)16(15)17(10)22-3/h4,6-8,11,17-20H,5H2,1-3H3/t11-,17?/m1/s1. The summed E-state index contributed by atoms with van der Waals surface area (Å²) in [5.74, 6) is -0.815. The average molecular weight is 304 g/mol. The zero-order valence-corrected chi connectivity index (χ0v) is 12.8. The molecule has 22 heavy (non-hydrogen) atoms. The van der Waals surface area contributed by atoms with Crippen molar-refractivity contribution in [2.75, 3.05) is 7.11 Å². The largest absolute Gasteiger partial charge is 0.508 e. The maximum atomic E-state index is 12.2. The van der Waals surface area contributed by atoms with Gasteiger partial charge in [-0.3, -0.25) is 4.79 Å². The molecule has 3 N–H and O–H groups in total. The lowest BCUT2D eigenvalue weighted by atomic mass is 9.83. The number of aliphatic hydroxyl groups is 1. The quantitative estimate of drug-likeness (QED) is 0.588. The van der Waals surface area contributed by atoms with Crippen LogP contribution in [0.25, 0.3) is 0 Å². The minimum atomic E-state index is -0.904. The van der Waals surface area contributed by atoms with Crippen LogP contribution in [-0.2, 0) is 4.74 Å². The lowest BCUT2D eigenvalue weighted by Crippen LogP contribution is -2.24. The number of carbonyl (C=O) groups excluding carboxylic acids is 1. The monoisotopic (exact) mass is 304 g/mol. The Balaban J connectivity index is 2.49. The number of carbonyl (C=O) groups is 1. The molecule has 0 amide bonds. The van der Waals surface area contributed by atoms with E-state index in [2.05, 4.69) is 0 Å². The molecular weight excluding hydrogens is 284 g/mol. The molecule has 118 valence electrons. The van der Waals surface area contributed by atoms with Gasteiger partial charge in [0.1, 0.15) is 17.6 Å². The van der Waals surface area contributed by atoms with Crippen molar-refractivity contribution in [1.82, 2.24) is 0 Å². The molecular formula is C17H20O5. The van der Waals surface area contributed by atoms with E-state index >= 15 is 0 Å². The molecule has 1 aliphatic rings. The van der Waals surface area contributed by atoms with Crippen LogP contribution in [0.1, 0.15) is 42.3 Å². The summed E-state index contributed by atoms with van der Waals surface area (Å²) in [6.45, 7) is 3.83. The highest BCUT2D eigenvalue weighted by molar-refractivity contribution is 6.10. The molecule has 2 atom stereocenters. The van der Waals surface area contributed by atoms with Crippen LogP contribution in [0.4, 0.5) is 0 Å². The highest BCUT2D eigenvalue weighted by Crippen LogP contribution is 2.43. The number of phenols is 2. The van der Waals surface area contributed by atoms with Crippen molar-refractivity contribution < 1.29 is 24.9 Å². The van der Waals surface area contributed by atoms with Crippen LogP contribution >= 0.6 is 0 Å². The van der Waals surface area contributed by atoms with E-state index < -0.39 is 18.0 Å². The Morgan fingerprint density at radius 3 is 2.55 bits per heavy atom. The van der Waals surface area contributed by atoms with Crippen molar-refractivity contribution in [1.29, 1.82) is 0 Å². The van der Waals surface area contributed by atoms with Crippen LogP contribution in [0.5, 0.6) is 11.5 Å². The average Bonchev–Trinajstić information content (AvgIpc) is 2.47. The Labute approximate surface area is 129 Å². The number of ether oxygens (including phenoxy) is 1. The molecule has 5 heteroatoms. The van der Waals surface area contributed by atoms with Gasteiger partial charge in [0.05, 0.1) is 11.7 Å². The molecule has 5 nitrogen and oxygen atoms in total. The first kappa shape index (κ1) is 16.3. The third kappa shape index (κ3) is 2.91. The van der Waals surface area contributed by atoms with Crippen molar-refractivity contribution in [2.45, 2.75) is 32.5 Å². The summed E-state index contributed by atoms with van der Waals surface area (Å²) in [6.07, 6.45) is 1.80. The second-order valence-corrected chi connectivity index (χ2v) is 5.55. The molecule has 0 radical (unpaired) electrons. The van der Waals surface area contributed by atoms with E-state index in [-0.39, 0.29) is 22.6 Å². The van der Waals surface area contributed by atoms with Gasteiger partial charge < -0.3 is 20.1 Å². The zero-order valence-electron chi connectivity index (χ0n) is 12.8. The summed E-state index contributed by atoms with van der Waals surface area (Å²) in [5, 5.41) is 30.3. The number of benzene rings is 1. The number of allylic oxidation sites excluding steroid dienone is 2. The van der Waals surface area contributed by atoms with Crippen LogP contribution in [0.3, 0.4) is 0 Å². The van der Waals surface area contributed by atoms with Gasteiger partial charge in [0.25, 0.3) is 0 Å². The minimum absolute atomic E-state index is 0.0185. The summed E-state index contributed by atoms with van der Waals surface area (Å²) in [5.41, 5.74) is 1.64. The van der Waals surface area contributed by atoms with Crippen LogP contribution in [0.15, 0.2) is 35.4 Å². The lowest BCUT2D eigenvalue weighted by Gasteiger charge is -2.29. The molecule has 1 aromatic carbocycles. The fraction of sp³-hybridized carbons (Fsp3) is 0.353. The first-order valence-corrected chi connectivity index (χ1v) is 7.01. The zero-order chi connectivity index (χ0) is 16.4. The van der Waals surface area contributed by atoms with Gasteiger partial charge in [0.2, 0.25) is 0 Å². The van der Waals surface area contributed by atoms with Crippen LogP contribution in [0.2, 0.25) is 0 Å². The fourth-order valence-electron chi connectivity index (χ4n) is 2.60. The number of fused-ring (bicyclic) bond motifs is 1. The number of aliphatic hydroxyl groups excluding tert-OH is 1. The van der Waals surface area contributed by atoms with Gasteiger partial charge in [-0.15, -0.1) is 0 Å². The van der Waals surface area contributed by atoms with Crippen molar-refractivity contribution >= 4 is 5.78 Å². The Kier molecular flexibility index (Phi) is 4.68. The summed E-state index contributed by atoms with van der Waals surface area (Å²) in [4.78, 5) is 12.2. The third-order valence-corrected chi connectivity index (χ3v) is 3.68. The number of rotatable bonds is 4. The maximum absolute atomic E-state index is 12.2. The number of ketones is 1. The minimum Gasteiger partial charge on any atom is -0.508 e. The number of methoxy groups -OCH3 is 1. The Bertz CT molecular complexity index is 653. The van der Waals surface area contributed by atoms with Gasteiger partial charge in [0, 0.05) is 12.7 Å². The Morgan fingerprint density at radius 2 is 1.95 bits per heavy atom. The number of phenolic OH excluding ortho intramolecular Hbond substituents is 2. The Morgan fingerprint density at radius 1 is 1.32 bits per heavy atom. The lowest BCUT2D eigenvalue weighted by molar-refractivity contribution is 0.0861. The van der Waals surface area contributed by atoms with Gasteiger partial charge in [0.15, 0.2) is 5.78 Å². The molecule has 1 aliphatic carbocycles. The van der Waals surface area contributed by atoms with E-state index in [0.29, 0.717) is 12.0 Å². The molecule has 1 unspecified atom stereocenters. The van der Waals surface area contributed by atoms with Gasteiger partial charge >= 0.3 is 0 Å². The SMILES string of the molecule is COC1C([C@H](O)CC=C(C)C)=CC(=O)c2c(O)ccc(O)c21. The third-order valence-electron chi connectivity index (χ3n) is 3.68. The van der Waals surface area contributed by atoms with Crippen molar-refractivity contribution in [2.24, 2.45) is 0 Å². The van der Waals surface area contributed by atoms with E-state index in [1.807, 2.05) is 19.9 Å². The first-order chi connectivity index (χ1) is 10.4. The summed E-state index contributed by atoms with van der Waals surface area (Å²) in [7, 11) is 1.43. The van der Waals surface area contributed by atoms with Crippen LogP contribution in [0, 0.1) is 0 Å². The van der Waals surface area contributed by atoms with Crippen molar-refractivity contribution in [3.05, 3.63) is 46.6 Å². The van der Waals surface area contributed by atoms with Gasteiger partial charge in [-0.25, -0.2) is 0 Å². The smallest absolute Gasteiger partial charge is 0.190 e. The summed E-state index contributed by atoms with van der Waals surface area (Å²) in [6, 6.07) is 2.57. The van der Waals surface area contributed by atoms with Gasteiger partial charge in [-0.05, 0) is 44.1 Å². The molecule has 2 rings (SSSR count). The number of hydrogen-bond donors (Lipinski definition) is 3. The predicted octanol–water partition coefficient (Wildman–Crippen LogP) is 2.63. The molecule has 1 aromatic rings. The van der Waals surface area contributed by atoms with Crippen molar-refractivity contribution in [3.8, 4) is 11.5 Å². The van der Waals surface area contributed by atoms with Crippen molar-refractivity contribution in [3.63, 3.8) is 0 Å². The fourth-order valence-corrected chi connectivity index (χ4v) is 2.60. The highest BCUT2D eigenvalue weighted by Gasteiger charge is 2.35. The highest BCUT2D eigenvalue weighted by atomic mass is 16.5. The molecule has 0 aliphatic heterocycles. The van der Waals surface area contributed by atoms with E-state index in [9.17, 15) is 20.1 Å². The van der Waals surface area contributed by atoms with E-state index in [1.165, 1.54) is 25.3 Å². The molecule has 0 bridgehead atoms. The normalized spacial score (nSPS) is 18.5. The topological polar surface area (TPSA) is 87.0 Å². The second-order valence-electron chi connectivity index (χ2n) is 5.55. The molecule has 0 saturated heterocycles. The Hall–Kier alpha value is -2.11. The second kappa shape index (κ2) is 6.34. The van der Waals surface area contributed by atoms with E-state index in [0.717, 1.165) is 5.57 Å². The van der Waals surface area contributed by atoms with Gasteiger partial charge in [-0.2, -0.15) is 0 Å². The van der Waals surface area contributed by atoms with E-state index in [4.69, 9.17) is 4.74 Å². The van der Waals surface area contributed by atoms with Crippen LogP contribution < -0.4 is 0 Å².